The van der Waals surface area contributed by atoms with Gasteiger partial charge in [0.15, 0.2) is 5.96 Å². The molecule has 4 nitrogen and oxygen atoms in total. The predicted octanol–water partition coefficient (Wildman–Crippen LogP) is 3.42. The molecule has 2 aliphatic heterocycles. The highest BCUT2D eigenvalue weighted by molar-refractivity contribution is 5.80. The van der Waals surface area contributed by atoms with Gasteiger partial charge in [-0.15, -0.1) is 0 Å². The van der Waals surface area contributed by atoms with Crippen LogP contribution in [0.4, 0.5) is 0 Å². The van der Waals surface area contributed by atoms with Crippen molar-refractivity contribution in [2.24, 2.45) is 16.3 Å². The van der Waals surface area contributed by atoms with Gasteiger partial charge in [0, 0.05) is 38.2 Å². The number of nitrogens with zero attached hydrogens (tertiary/aromatic N) is 2. The average molecular weight is 322 g/mol. The van der Waals surface area contributed by atoms with Gasteiger partial charge in [-0.1, -0.05) is 32.1 Å². The molecule has 3 aliphatic rings. The Morgan fingerprint density at radius 1 is 1.17 bits per heavy atom. The Bertz CT molecular complexity index is 382. The monoisotopic (exact) mass is 321 g/mol. The molecule has 3 fully saturated rings. The van der Waals surface area contributed by atoms with Gasteiger partial charge in [-0.3, -0.25) is 4.99 Å². The molecule has 23 heavy (non-hydrogen) atoms. The van der Waals surface area contributed by atoms with Gasteiger partial charge in [0.2, 0.25) is 0 Å². The van der Waals surface area contributed by atoms with Gasteiger partial charge in [-0.25, -0.2) is 0 Å². The first-order valence-electron chi connectivity index (χ1n) is 9.92. The van der Waals surface area contributed by atoms with Crippen LogP contribution >= 0.6 is 0 Å². The summed E-state index contributed by atoms with van der Waals surface area (Å²) in [5, 5.41) is 3.53. The van der Waals surface area contributed by atoms with E-state index in [1.165, 1.54) is 57.8 Å². The van der Waals surface area contributed by atoms with E-state index in [1.54, 1.807) is 0 Å². The summed E-state index contributed by atoms with van der Waals surface area (Å²) < 4.78 is 5.66. The maximum Gasteiger partial charge on any atom is 0.193 e. The molecule has 0 aromatic heterocycles. The van der Waals surface area contributed by atoms with Gasteiger partial charge in [-0.2, -0.15) is 0 Å². The molecule has 0 radical (unpaired) electrons. The molecule has 4 heteroatoms. The number of hydrogen-bond acceptors (Lipinski definition) is 2. The summed E-state index contributed by atoms with van der Waals surface area (Å²) in [5.41, 5.74) is 0.413. The van der Waals surface area contributed by atoms with Gasteiger partial charge >= 0.3 is 0 Å². The first-order valence-corrected chi connectivity index (χ1v) is 9.92. The molecule has 0 bridgehead atoms. The fourth-order valence-corrected chi connectivity index (χ4v) is 4.45. The first kappa shape index (κ1) is 17.1. The lowest BCUT2D eigenvalue weighted by atomic mass is 9.87. The topological polar surface area (TPSA) is 36.9 Å². The van der Waals surface area contributed by atoms with Crippen LogP contribution in [0.15, 0.2) is 4.99 Å². The van der Waals surface area contributed by atoms with E-state index in [0.717, 1.165) is 51.3 Å². The van der Waals surface area contributed by atoms with Crippen molar-refractivity contribution in [3.63, 3.8) is 0 Å². The van der Waals surface area contributed by atoms with Crippen molar-refractivity contribution in [3.05, 3.63) is 0 Å². The minimum absolute atomic E-state index is 0.413. The summed E-state index contributed by atoms with van der Waals surface area (Å²) in [7, 11) is 0. The van der Waals surface area contributed by atoms with Gasteiger partial charge in [-0.05, 0) is 38.5 Å². The molecule has 1 unspecified atom stereocenters. The summed E-state index contributed by atoms with van der Waals surface area (Å²) in [4.78, 5) is 7.52. The van der Waals surface area contributed by atoms with Crippen LogP contribution in [-0.2, 0) is 4.74 Å². The lowest BCUT2D eigenvalue weighted by Crippen LogP contribution is -2.41. The van der Waals surface area contributed by atoms with Gasteiger partial charge in [0.05, 0.1) is 6.61 Å². The SMILES string of the molecule is CCNC(=NCC1CCCCCCC1)N1CCC2(CCOC2)C1. The quantitative estimate of drug-likeness (QED) is 0.639. The van der Waals surface area contributed by atoms with Crippen LogP contribution in [0.2, 0.25) is 0 Å². The predicted molar refractivity (Wildman–Crippen MR) is 95.8 cm³/mol. The lowest BCUT2D eigenvalue weighted by molar-refractivity contribution is 0.156. The Balaban J connectivity index is 1.56. The smallest absolute Gasteiger partial charge is 0.193 e. The molecule has 1 aliphatic carbocycles. The Morgan fingerprint density at radius 2 is 1.96 bits per heavy atom. The lowest BCUT2D eigenvalue weighted by Gasteiger charge is -2.26. The molecule has 2 saturated heterocycles. The number of likely N-dealkylation sites (tertiary alicyclic amines) is 1. The number of ether oxygens (including phenoxy) is 1. The Hall–Kier alpha value is -0.770. The van der Waals surface area contributed by atoms with E-state index in [0.29, 0.717) is 5.41 Å². The molecular formula is C19H35N3O. The van der Waals surface area contributed by atoms with E-state index in [2.05, 4.69) is 17.1 Å². The van der Waals surface area contributed by atoms with Crippen LogP contribution in [0.1, 0.15) is 64.7 Å². The number of aliphatic imine (C=N–C) groups is 1. The Kier molecular flexibility index (Phi) is 6.21. The standard InChI is InChI=1S/C19H35N3O/c1-2-20-18(21-14-17-8-6-4-3-5-7-9-17)22-12-10-19(15-22)11-13-23-16-19/h17H,2-16H2,1H3,(H,20,21). The number of hydrogen-bond donors (Lipinski definition) is 1. The van der Waals surface area contributed by atoms with E-state index in [-0.39, 0.29) is 0 Å². The third kappa shape index (κ3) is 4.62. The summed E-state index contributed by atoms with van der Waals surface area (Å²) in [6.45, 7) is 8.32. The minimum Gasteiger partial charge on any atom is -0.381 e. The van der Waals surface area contributed by atoms with Crippen molar-refractivity contribution in [2.45, 2.75) is 64.7 Å². The second kappa shape index (κ2) is 8.36. The largest absolute Gasteiger partial charge is 0.381 e. The molecular weight excluding hydrogens is 286 g/mol. The fourth-order valence-electron chi connectivity index (χ4n) is 4.45. The van der Waals surface area contributed by atoms with E-state index >= 15 is 0 Å². The van der Waals surface area contributed by atoms with Gasteiger partial charge in [0.1, 0.15) is 0 Å². The summed E-state index contributed by atoms with van der Waals surface area (Å²) in [6, 6.07) is 0. The van der Waals surface area contributed by atoms with E-state index in [1.807, 2.05) is 0 Å². The zero-order chi connectivity index (χ0) is 16.0. The molecule has 1 spiro atoms. The van der Waals surface area contributed by atoms with Crippen LogP contribution in [0.25, 0.3) is 0 Å². The molecule has 0 amide bonds. The molecule has 3 rings (SSSR count). The van der Waals surface area contributed by atoms with E-state index < -0.39 is 0 Å². The molecule has 1 saturated carbocycles. The number of guanidine groups is 1. The normalized spacial score (nSPS) is 30.7. The highest BCUT2D eigenvalue weighted by atomic mass is 16.5. The first-order chi connectivity index (χ1) is 11.3. The molecule has 1 N–H and O–H groups in total. The Labute approximate surface area is 142 Å². The Morgan fingerprint density at radius 3 is 2.65 bits per heavy atom. The maximum absolute atomic E-state index is 5.66. The molecule has 0 aromatic rings. The highest BCUT2D eigenvalue weighted by Gasteiger charge is 2.42. The van der Waals surface area contributed by atoms with Gasteiger partial charge < -0.3 is 15.0 Å². The summed E-state index contributed by atoms with van der Waals surface area (Å²) >= 11 is 0. The van der Waals surface area contributed by atoms with Crippen LogP contribution in [-0.4, -0.2) is 50.3 Å². The van der Waals surface area contributed by atoms with E-state index in [4.69, 9.17) is 9.73 Å². The summed E-state index contributed by atoms with van der Waals surface area (Å²) in [5.74, 6) is 1.95. The molecule has 132 valence electrons. The number of rotatable bonds is 3. The second-order valence-corrected chi connectivity index (χ2v) is 7.88. The van der Waals surface area contributed by atoms with Crippen LogP contribution in [0, 0.1) is 11.3 Å². The zero-order valence-corrected chi connectivity index (χ0v) is 15.0. The fraction of sp³-hybridized carbons (Fsp3) is 0.947. The summed E-state index contributed by atoms with van der Waals surface area (Å²) in [6.07, 6.45) is 12.3. The molecule has 2 heterocycles. The zero-order valence-electron chi connectivity index (χ0n) is 15.0. The van der Waals surface area contributed by atoms with Crippen LogP contribution in [0.3, 0.4) is 0 Å². The highest BCUT2D eigenvalue weighted by Crippen LogP contribution is 2.38. The van der Waals surface area contributed by atoms with Crippen molar-refractivity contribution in [1.29, 1.82) is 0 Å². The maximum atomic E-state index is 5.66. The van der Waals surface area contributed by atoms with Crippen molar-refractivity contribution < 1.29 is 4.74 Å². The average Bonchev–Trinajstić information content (AvgIpc) is 3.15. The third-order valence-electron chi connectivity index (χ3n) is 5.98. The third-order valence-corrected chi connectivity index (χ3v) is 5.98. The minimum atomic E-state index is 0.413. The van der Waals surface area contributed by atoms with E-state index in [9.17, 15) is 0 Å². The van der Waals surface area contributed by atoms with Gasteiger partial charge in [0.25, 0.3) is 0 Å². The van der Waals surface area contributed by atoms with Crippen molar-refractivity contribution in [2.75, 3.05) is 39.4 Å². The van der Waals surface area contributed by atoms with Crippen molar-refractivity contribution in [3.8, 4) is 0 Å². The second-order valence-electron chi connectivity index (χ2n) is 7.88. The molecule has 1 atom stereocenters. The van der Waals surface area contributed by atoms with Crippen molar-refractivity contribution in [1.82, 2.24) is 10.2 Å². The number of nitrogens with one attached hydrogen (secondary N) is 1. The van der Waals surface area contributed by atoms with Crippen molar-refractivity contribution >= 4 is 5.96 Å². The van der Waals surface area contributed by atoms with Crippen LogP contribution < -0.4 is 5.32 Å². The van der Waals surface area contributed by atoms with Crippen LogP contribution in [0.5, 0.6) is 0 Å². The molecule has 0 aromatic carbocycles.